The zero-order valence-electron chi connectivity index (χ0n) is 21.0. The highest BCUT2D eigenvalue weighted by atomic mass is 19.3. The Labute approximate surface area is 212 Å². The van der Waals surface area contributed by atoms with E-state index >= 15 is 0 Å². The van der Waals surface area contributed by atoms with Crippen LogP contribution in [0.15, 0.2) is 24.3 Å². The highest BCUT2D eigenvalue weighted by molar-refractivity contribution is 5.93. The van der Waals surface area contributed by atoms with Crippen LogP contribution in [0, 0.1) is 25.6 Å². The van der Waals surface area contributed by atoms with Crippen LogP contribution in [0.1, 0.15) is 41.9 Å². The van der Waals surface area contributed by atoms with Crippen LogP contribution in [-0.4, -0.2) is 65.4 Å². The predicted molar refractivity (Wildman–Crippen MR) is 133 cm³/mol. The standard InChI is InChI=1S/C26H29F3N6O2/c1-14(18-5-4-6-19(22(18)27)24(28)29)31-25-20-11-21(15(2)30-23(20)16(3)32-33-25)34-7-9-35(10-8-34)26(36)17-12-37-13-17/h4-6,11,14,17,24H,7-10,12-13H2,1-3H3,(H,31,33)/t14-/m1/s1. The largest absolute Gasteiger partial charge is 0.380 e. The Morgan fingerprint density at radius 3 is 2.43 bits per heavy atom. The van der Waals surface area contributed by atoms with Gasteiger partial charge >= 0.3 is 0 Å². The van der Waals surface area contributed by atoms with E-state index in [0.717, 1.165) is 17.4 Å². The van der Waals surface area contributed by atoms with Crippen LogP contribution in [0.25, 0.3) is 10.9 Å². The third-order valence-corrected chi connectivity index (χ3v) is 7.12. The van der Waals surface area contributed by atoms with Crippen molar-refractivity contribution in [2.45, 2.75) is 33.2 Å². The molecule has 2 aromatic heterocycles. The zero-order valence-corrected chi connectivity index (χ0v) is 21.0. The number of amides is 1. The number of piperazine rings is 1. The Kier molecular flexibility index (Phi) is 6.89. The molecule has 0 unspecified atom stereocenters. The molecule has 0 bridgehead atoms. The van der Waals surface area contributed by atoms with Crippen molar-refractivity contribution in [3.8, 4) is 0 Å². The van der Waals surface area contributed by atoms with Gasteiger partial charge in [0.15, 0.2) is 5.82 Å². The maximum Gasteiger partial charge on any atom is 0.266 e. The number of aryl methyl sites for hydroxylation is 2. The quantitative estimate of drug-likeness (QED) is 0.528. The second kappa shape index (κ2) is 10.1. The van der Waals surface area contributed by atoms with Crippen LogP contribution >= 0.6 is 0 Å². The van der Waals surface area contributed by atoms with Gasteiger partial charge < -0.3 is 19.9 Å². The second-order valence-corrected chi connectivity index (χ2v) is 9.59. The SMILES string of the molecule is Cc1nc2c(C)nnc(N[C@H](C)c3cccc(C(F)F)c3F)c2cc1N1CCN(C(=O)C2COC2)CC1. The summed E-state index contributed by atoms with van der Waals surface area (Å²) in [5.74, 6) is -0.423. The summed E-state index contributed by atoms with van der Waals surface area (Å²) in [5.41, 5.74) is 2.53. The number of ether oxygens (including phenoxy) is 1. The van der Waals surface area contributed by atoms with E-state index in [1.54, 1.807) is 6.92 Å². The number of carbonyl (C=O) groups is 1. The number of anilines is 2. The van der Waals surface area contributed by atoms with Crippen molar-refractivity contribution in [2.24, 2.45) is 5.92 Å². The number of nitrogens with one attached hydrogen (secondary N) is 1. The van der Waals surface area contributed by atoms with E-state index in [9.17, 15) is 18.0 Å². The Hall–Kier alpha value is -3.47. The van der Waals surface area contributed by atoms with E-state index in [1.165, 1.54) is 12.1 Å². The fourth-order valence-electron chi connectivity index (χ4n) is 4.86. The fraction of sp³-hybridized carbons (Fsp3) is 0.462. The van der Waals surface area contributed by atoms with Gasteiger partial charge in [0.05, 0.1) is 53.3 Å². The molecule has 4 heterocycles. The number of carbonyl (C=O) groups excluding carboxylic acids is 1. The molecule has 0 aliphatic carbocycles. The maximum atomic E-state index is 14.8. The van der Waals surface area contributed by atoms with Gasteiger partial charge in [0.1, 0.15) is 5.82 Å². The summed E-state index contributed by atoms with van der Waals surface area (Å²) in [7, 11) is 0. The van der Waals surface area contributed by atoms with Gasteiger partial charge in [-0.2, -0.15) is 5.10 Å². The molecule has 37 heavy (non-hydrogen) atoms. The Morgan fingerprint density at radius 1 is 1.08 bits per heavy atom. The van der Waals surface area contributed by atoms with E-state index in [-0.39, 0.29) is 17.4 Å². The number of nitrogens with zero attached hydrogens (tertiary/aromatic N) is 5. The first kappa shape index (κ1) is 25.2. The number of hydrogen-bond donors (Lipinski definition) is 1. The molecule has 0 radical (unpaired) electrons. The minimum absolute atomic E-state index is 0.0287. The van der Waals surface area contributed by atoms with E-state index in [0.29, 0.717) is 61.8 Å². The summed E-state index contributed by atoms with van der Waals surface area (Å²) in [4.78, 5) is 21.4. The van der Waals surface area contributed by atoms with Crippen LogP contribution in [-0.2, 0) is 9.53 Å². The van der Waals surface area contributed by atoms with E-state index in [1.807, 2.05) is 24.8 Å². The van der Waals surface area contributed by atoms with E-state index in [4.69, 9.17) is 9.72 Å². The number of pyridine rings is 1. The van der Waals surface area contributed by atoms with Crippen molar-refractivity contribution in [3.63, 3.8) is 0 Å². The van der Waals surface area contributed by atoms with Gasteiger partial charge in [-0.15, -0.1) is 5.10 Å². The van der Waals surface area contributed by atoms with Gasteiger partial charge in [0, 0.05) is 37.1 Å². The van der Waals surface area contributed by atoms with Crippen molar-refractivity contribution in [3.05, 3.63) is 52.6 Å². The number of hydrogen-bond acceptors (Lipinski definition) is 7. The topological polar surface area (TPSA) is 83.5 Å². The number of rotatable bonds is 6. The van der Waals surface area contributed by atoms with Crippen molar-refractivity contribution in [2.75, 3.05) is 49.6 Å². The lowest BCUT2D eigenvalue weighted by atomic mass is 10.0. The Bertz CT molecular complexity index is 1330. The van der Waals surface area contributed by atoms with Crippen LogP contribution < -0.4 is 10.2 Å². The van der Waals surface area contributed by atoms with Crippen molar-refractivity contribution in [1.82, 2.24) is 20.1 Å². The highest BCUT2D eigenvalue weighted by Crippen LogP contribution is 2.33. The smallest absolute Gasteiger partial charge is 0.266 e. The second-order valence-electron chi connectivity index (χ2n) is 9.59. The average molecular weight is 515 g/mol. The number of fused-ring (bicyclic) bond motifs is 1. The molecule has 8 nitrogen and oxygen atoms in total. The first-order valence-corrected chi connectivity index (χ1v) is 12.3. The molecule has 1 N–H and O–H groups in total. The molecule has 3 aromatic rings. The molecule has 2 saturated heterocycles. The summed E-state index contributed by atoms with van der Waals surface area (Å²) in [6.07, 6.45) is -2.90. The number of benzene rings is 1. The first-order chi connectivity index (χ1) is 17.7. The van der Waals surface area contributed by atoms with E-state index < -0.39 is 23.8 Å². The van der Waals surface area contributed by atoms with Crippen molar-refractivity contribution < 1.29 is 22.7 Å². The van der Waals surface area contributed by atoms with Crippen LogP contribution in [0.2, 0.25) is 0 Å². The Balaban J connectivity index is 1.41. The molecule has 1 aromatic carbocycles. The lowest BCUT2D eigenvalue weighted by Crippen LogP contribution is -2.53. The summed E-state index contributed by atoms with van der Waals surface area (Å²) in [6, 6.07) is 5.32. The van der Waals surface area contributed by atoms with Gasteiger partial charge in [-0.3, -0.25) is 4.79 Å². The summed E-state index contributed by atoms with van der Waals surface area (Å²) >= 11 is 0. The van der Waals surface area contributed by atoms with Crippen LogP contribution in [0.3, 0.4) is 0 Å². The molecule has 1 amide bonds. The minimum atomic E-state index is -2.90. The lowest BCUT2D eigenvalue weighted by molar-refractivity contribution is -0.150. The fourth-order valence-corrected chi connectivity index (χ4v) is 4.86. The molecule has 2 aliphatic rings. The molecule has 2 aliphatic heterocycles. The van der Waals surface area contributed by atoms with Gasteiger partial charge in [0.2, 0.25) is 5.91 Å². The third kappa shape index (κ3) is 4.79. The monoisotopic (exact) mass is 514 g/mol. The first-order valence-electron chi connectivity index (χ1n) is 12.3. The van der Waals surface area contributed by atoms with Gasteiger partial charge in [-0.25, -0.2) is 18.2 Å². The van der Waals surface area contributed by atoms with Gasteiger partial charge in [-0.1, -0.05) is 18.2 Å². The molecule has 0 saturated carbocycles. The Morgan fingerprint density at radius 2 is 1.78 bits per heavy atom. The molecule has 1 atom stereocenters. The molecular weight excluding hydrogens is 485 g/mol. The lowest BCUT2D eigenvalue weighted by Gasteiger charge is -2.39. The van der Waals surface area contributed by atoms with Crippen LogP contribution in [0.5, 0.6) is 0 Å². The summed E-state index contributed by atoms with van der Waals surface area (Å²) in [6.45, 7) is 8.98. The summed E-state index contributed by atoms with van der Waals surface area (Å²) in [5, 5.41) is 12.4. The number of alkyl halides is 2. The van der Waals surface area contributed by atoms with Crippen molar-refractivity contribution in [1.29, 1.82) is 0 Å². The van der Waals surface area contributed by atoms with Gasteiger partial charge in [0.25, 0.3) is 6.43 Å². The normalized spacial score (nSPS) is 17.3. The molecule has 0 spiro atoms. The molecular formula is C26H29F3N6O2. The molecule has 11 heteroatoms. The molecule has 196 valence electrons. The van der Waals surface area contributed by atoms with Crippen molar-refractivity contribution >= 4 is 28.3 Å². The maximum absolute atomic E-state index is 14.8. The highest BCUT2D eigenvalue weighted by Gasteiger charge is 2.32. The van der Waals surface area contributed by atoms with Crippen LogP contribution in [0.4, 0.5) is 24.7 Å². The number of aromatic nitrogens is 3. The third-order valence-electron chi connectivity index (χ3n) is 7.12. The molecule has 2 fully saturated rings. The predicted octanol–water partition coefficient (Wildman–Crippen LogP) is 4.19. The molecule has 5 rings (SSSR count). The zero-order chi connectivity index (χ0) is 26.3. The van der Waals surface area contributed by atoms with E-state index in [2.05, 4.69) is 20.4 Å². The minimum Gasteiger partial charge on any atom is -0.380 e. The average Bonchev–Trinajstić information content (AvgIpc) is 2.84. The summed E-state index contributed by atoms with van der Waals surface area (Å²) < 4.78 is 46.4. The van der Waals surface area contributed by atoms with Gasteiger partial charge in [-0.05, 0) is 26.8 Å². The number of halogens is 3.